The maximum atomic E-state index is 12.1. The van der Waals surface area contributed by atoms with Crippen molar-refractivity contribution in [1.29, 1.82) is 0 Å². The SMILES string of the molecule is COc1cc(/C=N\NC(=O)c2ccccc2O)ccc1OC(=O)/C=C/c1ccccc1. The van der Waals surface area contributed by atoms with E-state index in [0.29, 0.717) is 11.3 Å². The van der Waals surface area contributed by atoms with Crippen molar-refractivity contribution in [2.75, 3.05) is 7.11 Å². The van der Waals surface area contributed by atoms with Gasteiger partial charge < -0.3 is 14.6 Å². The molecule has 2 N–H and O–H groups in total. The minimum atomic E-state index is -0.544. The van der Waals surface area contributed by atoms with Crippen LogP contribution in [0, 0.1) is 0 Å². The number of nitrogens with zero attached hydrogens (tertiary/aromatic N) is 1. The number of hydrogen-bond acceptors (Lipinski definition) is 6. The van der Waals surface area contributed by atoms with E-state index < -0.39 is 11.9 Å². The Balaban J connectivity index is 1.63. The van der Waals surface area contributed by atoms with Gasteiger partial charge in [0.15, 0.2) is 11.5 Å². The summed E-state index contributed by atoms with van der Waals surface area (Å²) in [6.07, 6.45) is 4.39. The van der Waals surface area contributed by atoms with Crippen molar-refractivity contribution in [2.45, 2.75) is 0 Å². The van der Waals surface area contributed by atoms with E-state index in [4.69, 9.17) is 9.47 Å². The molecule has 0 bridgehead atoms. The molecule has 3 rings (SSSR count). The molecule has 0 saturated carbocycles. The van der Waals surface area contributed by atoms with Crippen molar-refractivity contribution >= 4 is 24.2 Å². The van der Waals surface area contributed by atoms with Gasteiger partial charge in [-0.05, 0) is 47.5 Å². The van der Waals surface area contributed by atoms with E-state index in [0.717, 1.165) is 5.56 Å². The molecule has 0 spiro atoms. The largest absolute Gasteiger partial charge is 0.507 e. The Morgan fingerprint density at radius 2 is 1.68 bits per heavy atom. The van der Waals surface area contributed by atoms with Gasteiger partial charge in [0.1, 0.15) is 5.75 Å². The molecule has 3 aromatic carbocycles. The number of methoxy groups -OCH3 is 1. The molecule has 1 amide bonds. The van der Waals surface area contributed by atoms with Gasteiger partial charge in [-0.2, -0.15) is 5.10 Å². The lowest BCUT2D eigenvalue weighted by molar-refractivity contribution is -0.129. The molecule has 0 atom stereocenters. The number of aromatic hydroxyl groups is 1. The van der Waals surface area contributed by atoms with E-state index >= 15 is 0 Å². The van der Waals surface area contributed by atoms with Crippen molar-refractivity contribution in [3.63, 3.8) is 0 Å². The van der Waals surface area contributed by atoms with Crippen LogP contribution in [0.1, 0.15) is 21.5 Å². The highest BCUT2D eigenvalue weighted by molar-refractivity contribution is 5.97. The lowest BCUT2D eigenvalue weighted by Gasteiger charge is -2.08. The standard InChI is InChI=1S/C24H20N2O5/c1-30-22-15-18(16-25-26-24(29)19-9-5-6-10-20(19)27)11-13-21(22)31-23(28)14-12-17-7-3-2-4-8-17/h2-16,27H,1H3,(H,26,29)/b14-12+,25-16-. The number of hydrogen-bond donors (Lipinski definition) is 2. The van der Waals surface area contributed by atoms with Crippen LogP contribution in [0.25, 0.3) is 6.08 Å². The van der Waals surface area contributed by atoms with Crippen molar-refractivity contribution in [1.82, 2.24) is 5.43 Å². The number of rotatable bonds is 7. The Morgan fingerprint density at radius 1 is 0.935 bits per heavy atom. The zero-order valence-corrected chi connectivity index (χ0v) is 16.7. The molecule has 0 fully saturated rings. The van der Waals surface area contributed by atoms with E-state index in [1.807, 2.05) is 30.3 Å². The summed E-state index contributed by atoms with van der Waals surface area (Å²) in [5.74, 6) is -0.641. The average molecular weight is 416 g/mol. The number of amides is 1. The molecular weight excluding hydrogens is 396 g/mol. The molecule has 0 radical (unpaired) electrons. The lowest BCUT2D eigenvalue weighted by Crippen LogP contribution is -2.17. The summed E-state index contributed by atoms with van der Waals surface area (Å²) in [6, 6.07) is 20.4. The van der Waals surface area contributed by atoms with Crippen molar-refractivity contribution in [3.8, 4) is 17.2 Å². The molecule has 0 heterocycles. The van der Waals surface area contributed by atoms with E-state index in [9.17, 15) is 14.7 Å². The maximum absolute atomic E-state index is 12.1. The van der Waals surface area contributed by atoms with Gasteiger partial charge in [0.2, 0.25) is 0 Å². The van der Waals surface area contributed by atoms with Crippen LogP contribution in [0.2, 0.25) is 0 Å². The van der Waals surface area contributed by atoms with Gasteiger partial charge in [0.05, 0.1) is 18.9 Å². The molecule has 156 valence electrons. The number of esters is 1. The third-order valence-corrected chi connectivity index (χ3v) is 4.14. The van der Waals surface area contributed by atoms with Crippen LogP contribution < -0.4 is 14.9 Å². The number of carbonyl (C=O) groups is 2. The average Bonchev–Trinajstić information content (AvgIpc) is 2.79. The van der Waals surface area contributed by atoms with Crippen molar-refractivity contribution in [2.24, 2.45) is 5.10 Å². The summed E-state index contributed by atoms with van der Waals surface area (Å²) in [5, 5.41) is 13.6. The first-order valence-electron chi connectivity index (χ1n) is 9.31. The number of phenols is 1. The van der Waals surface area contributed by atoms with Gasteiger partial charge in [0.25, 0.3) is 5.91 Å². The minimum absolute atomic E-state index is 0.114. The van der Waals surface area contributed by atoms with Crippen LogP contribution in [-0.2, 0) is 4.79 Å². The monoisotopic (exact) mass is 416 g/mol. The van der Waals surface area contributed by atoms with Gasteiger partial charge in [-0.3, -0.25) is 4.79 Å². The first kappa shape index (κ1) is 21.3. The van der Waals surface area contributed by atoms with E-state index in [1.165, 1.54) is 31.5 Å². The van der Waals surface area contributed by atoms with Crippen LogP contribution in [0.3, 0.4) is 0 Å². The van der Waals surface area contributed by atoms with E-state index in [-0.39, 0.29) is 17.1 Å². The third kappa shape index (κ3) is 6.04. The first-order valence-corrected chi connectivity index (χ1v) is 9.31. The smallest absolute Gasteiger partial charge is 0.336 e. The molecule has 0 unspecified atom stereocenters. The van der Waals surface area contributed by atoms with Crippen molar-refractivity contribution in [3.05, 3.63) is 95.6 Å². The second kappa shape index (κ2) is 10.4. The quantitative estimate of drug-likeness (QED) is 0.201. The summed E-state index contributed by atoms with van der Waals surface area (Å²) in [5.41, 5.74) is 3.94. The number of nitrogens with one attached hydrogen (secondary N) is 1. The number of ether oxygens (including phenoxy) is 2. The Labute approximate surface area is 179 Å². The Bertz CT molecular complexity index is 1120. The number of carbonyl (C=O) groups excluding carboxylic acids is 2. The molecule has 7 nitrogen and oxygen atoms in total. The van der Waals surface area contributed by atoms with Gasteiger partial charge in [0, 0.05) is 6.08 Å². The summed E-state index contributed by atoms with van der Waals surface area (Å²) in [6.45, 7) is 0. The molecule has 31 heavy (non-hydrogen) atoms. The van der Waals surface area contributed by atoms with Gasteiger partial charge in [-0.25, -0.2) is 10.2 Å². The fourth-order valence-corrected chi connectivity index (χ4v) is 2.61. The summed E-state index contributed by atoms with van der Waals surface area (Å²) in [4.78, 5) is 24.1. The molecule has 0 aliphatic rings. The summed E-state index contributed by atoms with van der Waals surface area (Å²) >= 11 is 0. The lowest BCUT2D eigenvalue weighted by atomic mass is 10.2. The summed E-state index contributed by atoms with van der Waals surface area (Å²) in [7, 11) is 1.45. The summed E-state index contributed by atoms with van der Waals surface area (Å²) < 4.78 is 10.6. The second-order valence-corrected chi connectivity index (χ2v) is 6.29. The Kier molecular flexibility index (Phi) is 7.16. The number of benzene rings is 3. The van der Waals surface area contributed by atoms with Gasteiger partial charge >= 0.3 is 5.97 Å². The zero-order valence-electron chi connectivity index (χ0n) is 16.7. The molecule has 0 aliphatic heterocycles. The minimum Gasteiger partial charge on any atom is -0.507 e. The fourth-order valence-electron chi connectivity index (χ4n) is 2.61. The van der Waals surface area contributed by atoms with Crippen LogP contribution in [0.15, 0.2) is 84.0 Å². The van der Waals surface area contributed by atoms with Crippen LogP contribution >= 0.6 is 0 Å². The number of hydrazone groups is 1. The molecule has 0 saturated heterocycles. The highest BCUT2D eigenvalue weighted by atomic mass is 16.6. The van der Waals surface area contributed by atoms with Crippen LogP contribution in [-0.4, -0.2) is 30.3 Å². The Hall–Kier alpha value is -4.39. The molecular formula is C24H20N2O5. The van der Waals surface area contributed by atoms with E-state index in [2.05, 4.69) is 10.5 Å². The van der Waals surface area contributed by atoms with Gasteiger partial charge in [-0.15, -0.1) is 0 Å². The van der Waals surface area contributed by atoms with Gasteiger partial charge in [-0.1, -0.05) is 42.5 Å². The van der Waals surface area contributed by atoms with Crippen molar-refractivity contribution < 1.29 is 24.2 Å². The highest BCUT2D eigenvalue weighted by Gasteiger charge is 2.10. The third-order valence-electron chi connectivity index (χ3n) is 4.14. The highest BCUT2D eigenvalue weighted by Crippen LogP contribution is 2.28. The fraction of sp³-hybridized carbons (Fsp3) is 0.0417. The van der Waals surface area contributed by atoms with Crippen LogP contribution in [0.5, 0.6) is 17.2 Å². The molecule has 7 heteroatoms. The topological polar surface area (TPSA) is 97.2 Å². The molecule has 0 aliphatic carbocycles. The molecule has 0 aromatic heterocycles. The van der Waals surface area contributed by atoms with E-state index in [1.54, 1.807) is 36.4 Å². The maximum Gasteiger partial charge on any atom is 0.336 e. The Morgan fingerprint density at radius 3 is 2.42 bits per heavy atom. The number of phenolic OH excluding ortho intramolecular Hbond substituents is 1. The molecule has 3 aromatic rings. The second-order valence-electron chi connectivity index (χ2n) is 6.29. The van der Waals surface area contributed by atoms with Crippen LogP contribution in [0.4, 0.5) is 0 Å². The predicted molar refractivity (Wildman–Crippen MR) is 117 cm³/mol. The zero-order chi connectivity index (χ0) is 22.1. The first-order chi connectivity index (χ1) is 15.1. The number of para-hydroxylation sites is 1. The predicted octanol–water partition coefficient (Wildman–Crippen LogP) is 3.78. The normalized spacial score (nSPS) is 10.9.